The van der Waals surface area contributed by atoms with Crippen LogP contribution in [-0.2, 0) is 0 Å². The normalized spacial score (nSPS) is 15.1. The highest BCUT2D eigenvalue weighted by molar-refractivity contribution is 5.32. The molecule has 2 heterocycles. The third kappa shape index (κ3) is 3.81. The van der Waals surface area contributed by atoms with Crippen LogP contribution in [0, 0.1) is 0 Å². The first kappa shape index (κ1) is 13.6. The van der Waals surface area contributed by atoms with Gasteiger partial charge in [-0.1, -0.05) is 12.7 Å². The number of ether oxygens (including phenoxy) is 2. The zero-order valence-corrected chi connectivity index (χ0v) is 11.3. The maximum atomic E-state index is 5.39. The van der Waals surface area contributed by atoms with Gasteiger partial charge in [-0.3, -0.25) is 0 Å². The van der Waals surface area contributed by atoms with Crippen LogP contribution in [0.5, 0.6) is 12.0 Å². The molecular weight excluding hydrogens is 244 g/mol. The molecule has 0 N–H and O–H groups in total. The Morgan fingerprint density at radius 2 is 1.79 bits per heavy atom. The Labute approximate surface area is 113 Å². The van der Waals surface area contributed by atoms with Crippen molar-refractivity contribution in [1.82, 2.24) is 15.0 Å². The molecule has 2 rings (SSSR count). The van der Waals surface area contributed by atoms with Crippen molar-refractivity contribution < 1.29 is 9.47 Å². The summed E-state index contributed by atoms with van der Waals surface area (Å²) in [4.78, 5) is 14.9. The van der Waals surface area contributed by atoms with Gasteiger partial charge in [0.25, 0.3) is 0 Å². The minimum absolute atomic E-state index is 0.291. The van der Waals surface area contributed by atoms with Gasteiger partial charge in [0.05, 0.1) is 6.61 Å². The van der Waals surface area contributed by atoms with E-state index in [2.05, 4.69) is 26.4 Å². The first-order valence-corrected chi connectivity index (χ1v) is 6.71. The van der Waals surface area contributed by atoms with E-state index in [4.69, 9.17) is 9.47 Å². The van der Waals surface area contributed by atoms with Gasteiger partial charge in [0.1, 0.15) is 6.61 Å². The molecular formula is C13H20N4O2. The van der Waals surface area contributed by atoms with Crippen LogP contribution in [0.15, 0.2) is 12.7 Å². The van der Waals surface area contributed by atoms with Crippen LogP contribution in [0.1, 0.15) is 26.2 Å². The van der Waals surface area contributed by atoms with Crippen LogP contribution in [0.4, 0.5) is 5.95 Å². The van der Waals surface area contributed by atoms with Gasteiger partial charge in [-0.05, 0) is 26.2 Å². The largest absolute Gasteiger partial charge is 0.464 e. The van der Waals surface area contributed by atoms with E-state index in [9.17, 15) is 0 Å². The second-order valence-electron chi connectivity index (χ2n) is 4.28. The van der Waals surface area contributed by atoms with Crippen molar-refractivity contribution in [3.05, 3.63) is 12.7 Å². The van der Waals surface area contributed by atoms with Gasteiger partial charge in [-0.15, -0.1) is 4.98 Å². The molecule has 0 amide bonds. The van der Waals surface area contributed by atoms with Gasteiger partial charge in [0, 0.05) is 13.1 Å². The van der Waals surface area contributed by atoms with Crippen LogP contribution in [0.25, 0.3) is 0 Å². The quantitative estimate of drug-likeness (QED) is 0.730. The van der Waals surface area contributed by atoms with E-state index in [1.807, 2.05) is 6.92 Å². The number of rotatable bonds is 6. The summed E-state index contributed by atoms with van der Waals surface area (Å²) in [5, 5.41) is 0. The molecule has 0 radical (unpaired) electrons. The van der Waals surface area contributed by atoms with Crippen molar-refractivity contribution >= 4 is 5.95 Å². The fourth-order valence-corrected chi connectivity index (χ4v) is 1.95. The van der Waals surface area contributed by atoms with E-state index in [0.29, 0.717) is 31.2 Å². The van der Waals surface area contributed by atoms with Gasteiger partial charge in [0.15, 0.2) is 0 Å². The van der Waals surface area contributed by atoms with E-state index in [0.717, 1.165) is 13.1 Å². The first-order valence-electron chi connectivity index (χ1n) is 6.71. The fourth-order valence-electron chi connectivity index (χ4n) is 1.95. The highest BCUT2D eigenvalue weighted by Gasteiger charge is 2.17. The summed E-state index contributed by atoms with van der Waals surface area (Å²) in [5.74, 6) is 0.636. The van der Waals surface area contributed by atoms with E-state index < -0.39 is 0 Å². The lowest BCUT2D eigenvalue weighted by atomic mass is 10.1. The SMILES string of the molecule is C=CCOc1nc(OCC)nc(N2CCCCC2)n1. The molecule has 1 aliphatic heterocycles. The van der Waals surface area contributed by atoms with Crippen molar-refractivity contribution in [2.24, 2.45) is 0 Å². The zero-order valence-electron chi connectivity index (χ0n) is 11.3. The minimum Gasteiger partial charge on any atom is -0.464 e. The lowest BCUT2D eigenvalue weighted by Crippen LogP contribution is -2.31. The summed E-state index contributed by atoms with van der Waals surface area (Å²) in [7, 11) is 0. The van der Waals surface area contributed by atoms with Crippen LogP contribution in [0.3, 0.4) is 0 Å². The number of hydrogen-bond acceptors (Lipinski definition) is 6. The maximum Gasteiger partial charge on any atom is 0.324 e. The van der Waals surface area contributed by atoms with Crippen molar-refractivity contribution in [1.29, 1.82) is 0 Å². The number of anilines is 1. The summed E-state index contributed by atoms with van der Waals surface area (Å²) in [6.07, 6.45) is 5.25. The average Bonchev–Trinajstić information content (AvgIpc) is 2.46. The lowest BCUT2D eigenvalue weighted by molar-refractivity contribution is 0.287. The smallest absolute Gasteiger partial charge is 0.324 e. The molecule has 0 atom stereocenters. The molecule has 1 aromatic heterocycles. The topological polar surface area (TPSA) is 60.4 Å². The zero-order chi connectivity index (χ0) is 13.5. The molecule has 1 saturated heterocycles. The highest BCUT2D eigenvalue weighted by atomic mass is 16.5. The molecule has 0 aromatic carbocycles. The second-order valence-corrected chi connectivity index (χ2v) is 4.28. The minimum atomic E-state index is 0.291. The van der Waals surface area contributed by atoms with Crippen LogP contribution >= 0.6 is 0 Å². The van der Waals surface area contributed by atoms with Crippen LogP contribution < -0.4 is 14.4 Å². The predicted molar refractivity (Wildman–Crippen MR) is 72.8 cm³/mol. The maximum absolute atomic E-state index is 5.39. The highest BCUT2D eigenvalue weighted by Crippen LogP contribution is 2.20. The molecule has 19 heavy (non-hydrogen) atoms. The third-order valence-electron chi connectivity index (χ3n) is 2.83. The van der Waals surface area contributed by atoms with Crippen molar-refractivity contribution in [3.63, 3.8) is 0 Å². The molecule has 6 heteroatoms. The molecule has 0 saturated carbocycles. The number of hydrogen-bond donors (Lipinski definition) is 0. The Morgan fingerprint density at radius 3 is 2.42 bits per heavy atom. The molecule has 0 aliphatic carbocycles. The van der Waals surface area contributed by atoms with E-state index in [1.54, 1.807) is 6.08 Å². The Bertz CT molecular complexity index is 419. The van der Waals surface area contributed by atoms with Crippen molar-refractivity contribution in [2.45, 2.75) is 26.2 Å². The van der Waals surface area contributed by atoms with E-state index in [1.165, 1.54) is 19.3 Å². The van der Waals surface area contributed by atoms with Crippen LogP contribution in [-0.4, -0.2) is 41.3 Å². The van der Waals surface area contributed by atoms with Gasteiger partial charge in [-0.2, -0.15) is 9.97 Å². The molecule has 1 aromatic rings. The van der Waals surface area contributed by atoms with Gasteiger partial charge in [0.2, 0.25) is 5.95 Å². The molecule has 0 bridgehead atoms. The number of piperidine rings is 1. The summed E-state index contributed by atoms with van der Waals surface area (Å²) >= 11 is 0. The first-order chi connectivity index (χ1) is 9.33. The molecule has 1 fully saturated rings. The van der Waals surface area contributed by atoms with Crippen molar-refractivity contribution in [3.8, 4) is 12.0 Å². The average molecular weight is 264 g/mol. The summed E-state index contributed by atoms with van der Waals surface area (Å²) in [6.45, 7) is 8.33. The van der Waals surface area contributed by atoms with Crippen molar-refractivity contribution in [2.75, 3.05) is 31.2 Å². The van der Waals surface area contributed by atoms with E-state index in [-0.39, 0.29) is 0 Å². The molecule has 0 unspecified atom stereocenters. The molecule has 6 nitrogen and oxygen atoms in total. The monoisotopic (exact) mass is 264 g/mol. The van der Waals surface area contributed by atoms with Crippen LogP contribution in [0.2, 0.25) is 0 Å². The lowest BCUT2D eigenvalue weighted by Gasteiger charge is -2.26. The van der Waals surface area contributed by atoms with Gasteiger partial charge in [-0.25, -0.2) is 0 Å². The Hall–Kier alpha value is -1.85. The van der Waals surface area contributed by atoms with E-state index >= 15 is 0 Å². The fraction of sp³-hybridized carbons (Fsp3) is 0.615. The molecule has 104 valence electrons. The summed E-state index contributed by atoms with van der Waals surface area (Å²) < 4.78 is 10.7. The van der Waals surface area contributed by atoms with Gasteiger partial charge >= 0.3 is 12.0 Å². The number of aromatic nitrogens is 3. The Balaban J connectivity index is 2.19. The summed E-state index contributed by atoms with van der Waals surface area (Å²) in [5.41, 5.74) is 0. The Kier molecular flexibility index (Phi) is 4.94. The molecule has 0 spiro atoms. The second kappa shape index (κ2) is 6.92. The summed E-state index contributed by atoms with van der Waals surface area (Å²) in [6, 6.07) is 0.607. The van der Waals surface area contributed by atoms with Gasteiger partial charge < -0.3 is 14.4 Å². The third-order valence-corrected chi connectivity index (χ3v) is 2.83. The standard InChI is InChI=1S/C13H20N4O2/c1-3-10-19-13-15-11(14-12(16-13)18-4-2)17-8-6-5-7-9-17/h3H,1,4-10H2,2H3. The predicted octanol–water partition coefficient (Wildman–Crippen LogP) is 1.83. The molecule has 1 aliphatic rings. The number of nitrogens with zero attached hydrogens (tertiary/aromatic N) is 4. The Morgan fingerprint density at radius 1 is 1.11 bits per heavy atom.